The highest BCUT2D eigenvalue weighted by molar-refractivity contribution is 9.09. The van der Waals surface area contributed by atoms with Crippen molar-refractivity contribution in [3.05, 3.63) is 35.9 Å². The van der Waals surface area contributed by atoms with Gasteiger partial charge in [-0.25, -0.2) is 0 Å². The zero-order valence-electron chi connectivity index (χ0n) is 9.41. The van der Waals surface area contributed by atoms with Gasteiger partial charge in [-0.05, 0) is 12.0 Å². The maximum absolute atomic E-state index is 12.2. The Hall–Kier alpha value is -1.30. The minimum Gasteiger partial charge on any atom is -0.341 e. The van der Waals surface area contributed by atoms with Crippen LogP contribution in [0.4, 0.5) is 8.78 Å². The quantitative estimate of drug-likeness (QED) is 0.815. The number of carbonyl (C=O) groups is 2. The third kappa shape index (κ3) is 4.52. The molecule has 1 unspecified atom stereocenters. The normalized spacial score (nSPS) is 12.2. The van der Waals surface area contributed by atoms with E-state index in [4.69, 9.17) is 0 Å². The van der Waals surface area contributed by atoms with E-state index in [1.807, 2.05) is 11.4 Å². The SMILES string of the molecule is O=C(NC(Cc1ccccc1)C(=O)CBr)C(F)F. The first kappa shape index (κ1) is 14.8. The number of carbonyl (C=O) groups excluding carboxylic acids is 2. The second-order valence-corrected chi connectivity index (χ2v) is 4.21. The lowest BCUT2D eigenvalue weighted by Crippen LogP contribution is -2.45. The molecule has 1 rings (SSSR count). The first-order valence-electron chi connectivity index (χ1n) is 5.25. The number of rotatable bonds is 6. The van der Waals surface area contributed by atoms with Crippen molar-refractivity contribution in [3.8, 4) is 0 Å². The van der Waals surface area contributed by atoms with E-state index in [1.165, 1.54) is 0 Å². The summed E-state index contributed by atoms with van der Waals surface area (Å²) in [6.07, 6.45) is -2.92. The number of alkyl halides is 3. The molecule has 98 valence electrons. The Bertz CT molecular complexity index is 412. The summed E-state index contributed by atoms with van der Waals surface area (Å²) in [5.74, 6) is -1.77. The third-order valence-electron chi connectivity index (χ3n) is 2.32. The number of benzene rings is 1. The molecule has 1 aromatic carbocycles. The van der Waals surface area contributed by atoms with Crippen LogP contribution >= 0.6 is 15.9 Å². The molecule has 0 aromatic heterocycles. The van der Waals surface area contributed by atoms with Crippen molar-refractivity contribution in [2.45, 2.75) is 18.9 Å². The second kappa shape index (κ2) is 7.20. The van der Waals surface area contributed by atoms with Crippen molar-refractivity contribution in [2.24, 2.45) is 0 Å². The van der Waals surface area contributed by atoms with E-state index in [1.54, 1.807) is 24.3 Å². The van der Waals surface area contributed by atoms with Crippen LogP contribution in [-0.2, 0) is 16.0 Å². The fourth-order valence-electron chi connectivity index (χ4n) is 1.42. The Morgan fingerprint density at radius 2 is 1.83 bits per heavy atom. The van der Waals surface area contributed by atoms with E-state index in [2.05, 4.69) is 15.9 Å². The molecule has 0 fully saturated rings. The fraction of sp³-hybridized carbons (Fsp3) is 0.333. The fourth-order valence-corrected chi connectivity index (χ4v) is 1.81. The van der Waals surface area contributed by atoms with Gasteiger partial charge in [-0.1, -0.05) is 46.3 Å². The van der Waals surface area contributed by atoms with Gasteiger partial charge in [-0.3, -0.25) is 9.59 Å². The van der Waals surface area contributed by atoms with E-state index in [0.717, 1.165) is 5.56 Å². The van der Waals surface area contributed by atoms with Gasteiger partial charge in [0, 0.05) is 0 Å². The molecule has 0 radical (unpaired) electrons. The molecule has 0 heterocycles. The number of hydrogen-bond donors (Lipinski definition) is 1. The molecule has 1 aromatic rings. The van der Waals surface area contributed by atoms with E-state index in [0.29, 0.717) is 0 Å². The Balaban J connectivity index is 2.73. The van der Waals surface area contributed by atoms with Gasteiger partial charge < -0.3 is 5.32 Å². The maximum atomic E-state index is 12.2. The minimum absolute atomic E-state index is 0.00795. The van der Waals surface area contributed by atoms with Crippen LogP contribution in [0.1, 0.15) is 5.56 Å². The van der Waals surface area contributed by atoms with E-state index < -0.39 is 18.4 Å². The van der Waals surface area contributed by atoms with Crippen molar-refractivity contribution < 1.29 is 18.4 Å². The topological polar surface area (TPSA) is 46.2 Å². The Kier molecular flexibility index (Phi) is 5.91. The molecule has 0 saturated heterocycles. The van der Waals surface area contributed by atoms with Crippen LogP contribution in [0, 0.1) is 0 Å². The molecule has 18 heavy (non-hydrogen) atoms. The van der Waals surface area contributed by atoms with Gasteiger partial charge >= 0.3 is 6.43 Å². The largest absolute Gasteiger partial charge is 0.341 e. The molecular formula is C12H12BrF2NO2. The van der Waals surface area contributed by atoms with E-state index >= 15 is 0 Å². The van der Waals surface area contributed by atoms with Crippen LogP contribution in [0.2, 0.25) is 0 Å². The van der Waals surface area contributed by atoms with E-state index in [9.17, 15) is 18.4 Å². The summed E-state index contributed by atoms with van der Waals surface area (Å²) in [7, 11) is 0. The molecule has 0 aliphatic heterocycles. The lowest BCUT2D eigenvalue weighted by atomic mass is 10.0. The molecule has 1 amide bonds. The Morgan fingerprint density at radius 1 is 1.22 bits per heavy atom. The van der Waals surface area contributed by atoms with Crippen molar-refractivity contribution >= 4 is 27.6 Å². The van der Waals surface area contributed by atoms with Gasteiger partial charge in [-0.15, -0.1) is 0 Å². The van der Waals surface area contributed by atoms with Crippen LogP contribution in [-0.4, -0.2) is 29.5 Å². The summed E-state index contributed by atoms with van der Waals surface area (Å²) in [4.78, 5) is 22.5. The monoisotopic (exact) mass is 319 g/mol. The predicted octanol–water partition coefficient (Wildman–Crippen LogP) is 1.94. The average molecular weight is 320 g/mol. The summed E-state index contributed by atoms with van der Waals surface area (Å²) in [5, 5.41) is 2.06. The Labute approximate surface area is 112 Å². The number of halogens is 3. The summed E-state index contributed by atoms with van der Waals surface area (Å²) < 4.78 is 24.3. The lowest BCUT2D eigenvalue weighted by molar-refractivity contribution is -0.134. The van der Waals surface area contributed by atoms with Crippen molar-refractivity contribution in [1.82, 2.24) is 5.32 Å². The lowest BCUT2D eigenvalue weighted by Gasteiger charge is -2.16. The van der Waals surface area contributed by atoms with Crippen LogP contribution in [0.15, 0.2) is 30.3 Å². The standard InChI is InChI=1S/C12H12BrF2NO2/c13-7-10(17)9(16-12(18)11(14)15)6-8-4-2-1-3-5-8/h1-5,9,11H,6-7H2,(H,16,18). The number of Topliss-reactive ketones (excluding diaryl/α,β-unsaturated/α-hetero) is 1. The third-order valence-corrected chi connectivity index (χ3v) is 2.87. The second-order valence-electron chi connectivity index (χ2n) is 3.65. The number of hydrogen-bond acceptors (Lipinski definition) is 2. The van der Waals surface area contributed by atoms with Gasteiger partial charge in [0.2, 0.25) is 0 Å². The van der Waals surface area contributed by atoms with Crippen LogP contribution < -0.4 is 5.32 Å². The van der Waals surface area contributed by atoms with E-state index in [-0.39, 0.29) is 17.5 Å². The van der Waals surface area contributed by atoms with Crippen LogP contribution in [0.25, 0.3) is 0 Å². The molecule has 0 aliphatic carbocycles. The van der Waals surface area contributed by atoms with Crippen LogP contribution in [0.3, 0.4) is 0 Å². The molecule has 3 nitrogen and oxygen atoms in total. The Morgan fingerprint density at radius 3 is 2.33 bits per heavy atom. The maximum Gasteiger partial charge on any atom is 0.315 e. The summed E-state index contributed by atoms with van der Waals surface area (Å²) in [5.41, 5.74) is 0.798. The smallest absolute Gasteiger partial charge is 0.315 e. The average Bonchev–Trinajstić information content (AvgIpc) is 2.38. The zero-order chi connectivity index (χ0) is 13.5. The predicted molar refractivity (Wildman–Crippen MR) is 66.9 cm³/mol. The minimum atomic E-state index is -3.12. The highest BCUT2D eigenvalue weighted by Gasteiger charge is 2.24. The van der Waals surface area contributed by atoms with Gasteiger partial charge in [0.25, 0.3) is 5.91 Å². The number of ketones is 1. The number of amides is 1. The first-order chi connectivity index (χ1) is 8.54. The highest BCUT2D eigenvalue weighted by Crippen LogP contribution is 2.06. The summed E-state index contributed by atoms with van der Waals surface area (Å²) in [6.45, 7) is 0. The molecule has 1 atom stereocenters. The van der Waals surface area contributed by atoms with Gasteiger partial charge in [0.05, 0.1) is 11.4 Å². The van der Waals surface area contributed by atoms with Gasteiger partial charge in [0.1, 0.15) is 0 Å². The molecular weight excluding hydrogens is 308 g/mol. The molecule has 0 bridgehead atoms. The molecule has 6 heteroatoms. The highest BCUT2D eigenvalue weighted by atomic mass is 79.9. The van der Waals surface area contributed by atoms with Crippen molar-refractivity contribution in [2.75, 3.05) is 5.33 Å². The number of nitrogens with one attached hydrogen (secondary N) is 1. The summed E-state index contributed by atoms with van der Waals surface area (Å²) >= 11 is 2.97. The van der Waals surface area contributed by atoms with Crippen LogP contribution in [0.5, 0.6) is 0 Å². The summed E-state index contributed by atoms with van der Waals surface area (Å²) in [6, 6.07) is 7.96. The molecule has 0 saturated carbocycles. The molecule has 0 spiro atoms. The molecule has 1 N–H and O–H groups in total. The molecule has 0 aliphatic rings. The van der Waals surface area contributed by atoms with Crippen molar-refractivity contribution in [3.63, 3.8) is 0 Å². The van der Waals surface area contributed by atoms with Crippen molar-refractivity contribution in [1.29, 1.82) is 0 Å². The zero-order valence-corrected chi connectivity index (χ0v) is 11.0. The first-order valence-corrected chi connectivity index (χ1v) is 6.38. The van der Waals surface area contributed by atoms with Gasteiger partial charge in [0.15, 0.2) is 5.78 Å². The van der Waals surface area contributed by atoms with Gasteiger partial charge in [-0.2, -0.15) is 8.78 Å².